The lowest BCUT2D eigenvalue weighted by molar-refractivity contribution is 0.443. The minimum atomic E-state index is -1.57. The second-order valence-electron chi connectivity index (χ2n) is 10.7. The van der Waals surface area contributed by atoms with Gasteiger partial charge in [0.2, 0.25) is 0 Å². The average Bonchev–Trinajstić information content (AvgIpc) is 3.44. The van der Waals surface area contributed by atoms with Gasteiger partial charge >= 0.3 is 0 Å². The van der Waals surface area contributed by atoms with E-state index in [1.807, 2.05) is 10.8 Å². The third kappa shape index (κ3) is 2.69. The smallest absolute Gasteiger partial charge is 0.0624 e. The van der Waals surface area contributed by atoms with Crippen molar-refractivity contribution < 1.29 is 0 Å². The van der Waals surface area contributed by atoms with Gasteiger partial charge in [-0.15, -0.1) is 0 Å². The van der Waals surface area contributed by atoms with E-state index >= 15 is 0 Å². The zero-order chi connectivity index (χ0) is 19.6. The van der Waals surface area contributed by atoms with Gasteiger partial charge in [-0.3, -0.25) is 0 Å². The molecule has 3 aliphatic carbocycles. The van der Waals surface area contributed by atoms with Crippen LogP contribution in [0.25, 0.3) is 16.3 Å². The molecule has 0 amide bonds. The standard InChI is InChI=1S/C28H34Si/c1-29(2)25-17-16-23-18-24(21-10-6-7-11-21)28(29)27(23)26(25)22-14-12-20(13-15-22)19-8-4-3-5-9-19/h12-17,19,21H,3-11,18H2,1-2H3. The van der Waals surface area contributed by atoms with Crippen LogP contribution in [0.3, 0.4) is 0 Å². The highest BCUT2D eigenvalue weighted by atomic mass is 28.3. The van der Waals surface area contributed by atoms with Crippen LogP contribution in [-0.2, 0) is 6.42 Å². The first-order valence-electron chi connectivity index (χ1n) is 12.1. The highest BCUT2D eigenvalue weighted by molar-refractivity contribution is 7.07. The van der Waals surface area contributed by atoms with Crippen molar-refractivity contribution >= 4 is 18.5 Å². The number of benzene rings is 2. The molecule has 1 aliphatic heterocycles. The first-order valence-corrected chi connectivity index (χ1v) is 15.1. The zero-order valence-electron chi connectivity index (χ0n) is 18.2. The van der Waals surface area contributed by atoms with Crippen molar-refractivity contribution in [2.75, 3.05) is 0 Å². The van der Waals surface area contributed by atoms with Crippen molar-refractivity contribution in [2.24, 2.45) is 5.92 Å². The molecular weight excluding hydrogens is 364 g/mol. The summed E-state index contributed by atoms with van der Waals surface area (Å²) in [6.07, 6.45) is 14.1. The summed E-state index contributed by atoms with van der Waals surface area (Å²) in [4.78, 5) is 0. The Labute approximate surface area is 177 Å². The van der Waals surface area contributed by atoms with E-state index in [1.165, 1.54) is 69.8 Å². The maximum Gasteiger partial charge on any atom is 0.113 e. The van der Waals surface area contributed by atoms with E-state index in [9.17, 15) is 0 Å². The van der Waals surface area contributed by atoms with Crippen molar-refractivity contribution in [3.8, 4) is 11.1 Å². The molecule has 1 heterocycles. The van der Waals surface area contributed by atoms with Gasteiger partial charge in [0.05, 0.1) is 0 Å². The van der Waals surface area contributed by atoms with Crippen LogP contribution in [-0.4, -0.2) is 8.07 Å². The molecule has 0 atom stereocenters. The fourth-order valence-electron chi connectivity index (χ4n) is 7.18. The summed E-state index contributed by atoms with van der Waals surface area (Å²) in [5.74, 6) is 1.68. The Morgan fingerprint density at radius 1 is 0.690 bits per heavy atom. The van der Waals surface area contributed by atoms with Gasteiger partial charge in [-0.25, -0.2) is 0 Å². The third-order valence-corrected chi connectivity index (χ3v) is 12.3. The van der Waals surface area contributed by atoms with Gasteiger partial charge in [-0.2, -0.15) is 0 Å². The van der Waals surface area contributed by atoms with E-state index in [-0.39, 0.29) is 0 Å². The zero-order valence-corrected chi connectivity index (χ0v) is 19.2. The van der Waals surface area contributed by atoms with Crippen LogP contribution in [0, 0.1) is 5.92 Å². The summed E-state index contributed by atoms with van der Waals surface area (Å²) >= 11 is 0. The number of allylic oxidation sites excluding steroid dienone is 1. The molecule has 0 saturated heterocycles. The number of fused-ring (bicyclic) bond motifs is 1. The quantitative estimate of drug-likeness (QED) is 0.473. The van der Waals surface area contributed by atoms with Gasteiger partial charge in [0.1, 0.15) is 8.07 Å². The van der Waals surface area contributed by atoms with E-state index in [2.05, 4.69) is 49.5 Å². The van der Waals surface area contributed by atoms with Crippen molar-refractivity contribution in [2.45, 2.75) is 83.2 Å². The number of hydrogen-bond donors (Lipinski definition) is 0. The van der Waals surface area contributed by atoms with Crippen molar-refractivity contribution in [1.82, 2.24) is 0 Å². The van der Waals surface area contributed by atoms with E-state index < -0.39 is 8.07 Å². The van der Waals surface area contributed by atoms with Gasteiger partial charge in [0.25, 0.3) is 0 Å². The summed E-state index contributed by atoms with van der Waals surface area (Å²) < 4.78 is 0. The van der Waals surface area contributed by atoms with Crippen LogP contribution in [0.1, 0.15) is 80.4 Å². The molecule has 29 heavy (non-hydrogen) atoms. The molecule has 150 valence electrons. The monoisotopic (exact) mass is 398 g/mol. The molecule has 1 heteroatoms. The summed E-state index contributed by atoms with van der Waals surface area (Å²) in [5.41, 5.74) is 9.87. The van der Waals surface area contributed by atoms with Crippen molar-refractivity contribution in [3.05, 3.63) is 58.7 Å². The molecule has 2 aromatic carbocycles. The molecule has 0 radical (unpaired) electrons. The Morgan fingerprint density at radius 2 is 1.34 bits per heavy atom. The van der Waals surface area contributed by atoms with Crippen LogP contribution in [0.5, 0.6) is 0 Å². The summed E-state index contributed by atoms with van der Waals surface area (Å²) in [6, 6.07) is 14.8. The lowest BCUT2D eigenvalue weighted by atomic mass is 9.83. The Balaban J connectivity index is 1.44. The second kappa shape index (κ2) is 6.70. The van der Waals surface area contributed by atoms with Crippen molar-refractivity contribution in [3.63, 3.8) is 0 Å². The van der Waals surface area contributed by atoms with Crippen LogP contribution in [0.15, 0.2) is 42.0 Å². The molecular formula is C28H34Si. The molecule has 0 aromatic heterocycles. The molecule has 0 nitrogen and oxygen atoms in total. The SMILES string of the molecule is C[Si]1(C)C2=C(C3CCCC3)Cc3ccc1c(-c1ccc(C4CCCCC4)cc1)c32. The van der Waals surface area contributed by atoms with E-state index in [0.29, 0.717) is 0 Å². The fourth-order valence-corrected chi connectivity index (χ4v) is 10.9. The maximum atomic E-state index is 2.62. The molecule has 6 rings (SSSR count). The Hall–Kier alpha value is -1.60. The summed E-state index contributed by atoms with van der Waals surface area (Å²) in [7, 11) is -1.57. The lowest BCUT2D eigenvalue weighted by Crippen LogP contribution is -2.40. The minimum absolute atomic E-state index is 0.805. The minimum Gasteiger partial charge on any atom is -0.0624 e. The van der Waals surface area contributed by atoms with Crippen molar-refractivity contribution in [1.29, 1.82) is 0 Å². The van der Waals surface area contributed by atoms with Crippen LogP contribution in [0.2, 0.25) is 13.1 Å². The average molecular weight is 399 g/mol. The number of rotatable bonds is 3. The van der Waals surface area contributed by atoms with Gasteiger partial charge in [-0.05, 0) is 82.1 Å². The lowest BCUT2D eigenvalue weighted by Gasteiger charge is -2.24. The Bertz CT molecular complexity index is 980. The van der Waals surface area contributed by atoms with Crippen LogP contribution in [0.4, 0.5) is 0 Å². The molecule has 2 saturated carbocycles. The maximum absolute atomic E-state index is 2.62. The third-order valence-electron chi connectivity index (χ3n) is 8.67. The Kier molecular flexibility index (Phi) is 4.20. The molecule has 2 bridgehead atoms. The first-order chi connectivity index (χ1) is 14.1. The molecule has 0 N–H and O–H groups in total. The van der Waals surface area contributed by atoms with Crippen LogP contribution >= 0.6 is 0 Å². The largest absolute Gasteiger partial charge is 0.113 e. The topological polar surface area (TPSA) is 0 Å². The fraction of sp³-hybridized carbons (Fsp3) is 0.500. The molecule has 2 fully saturated rings. The molecule has 2 aromatic rings. The van der Waals surface area contributed by atoms with Gasteiger partial charge in [0.15, 0.2) is 0 Å². The van der Waals surface area contributed by atoms with Gasteiger partial charge < -0.3 is 0 Å². The molecule has 0 unspecified atom stereocenters. The number of hydrogen-bond acceptors (Lipinski definition) is 0. The predicted molar refractivity (Wildman–Crippen MR) is 127 cm³/mol. The van der Waals surface area contributed by atoms with Gasteiger partial charge in [0, 0.05) is 0 Å². The normalized spacial score (nSPS) is 23.4. The van der Waals surface area contributed by atoms with E-state index in [4.69, 9.17) is 0 Å². The Morgan fingerprint density at radius 3 is 2.07 bits per heavy atom. The summed E-state index contributed by atoms with van der Waals surface area (Å²) in [5, 5.41) is 3.55. The van der Waals surface area contributed by atoms with Crippen LogP contribution < -0.4 is 5.19 Å². The predicted octanol–water partition coefficient (Wildman–Crippen LogP) is 7.37. The highest BCUT2D eigenvalue weighted by Gasteiger charge is 2.46. The second-order valence-corrected chi connectivity index (χ2v) is 15.0. The summed E-state index contributed by atoms with van der Waals surface area (Å²) in [6.45, 7) is 5.24. The van der Waals surface area contributed by atoms with E-state index in [0.717, 1.165) is 11.8 Å². The highest BCUT2D eigenvalue weighted by Crippen LogP contribution is 2.52. The molecule has 4 aliphatic rings. The van der Waals surface area contributed by atoms with E-state index in [1.54, 1.807) is 27.4 Å². The first kappa shape index (κ1) is 18.2. The van der Waals surface area contributed by atoms with Gasteiger partial charge in [-0.1, -0.05) is 87.2 Å². The molecule has 0 spiro atoms.